The number of rotatable bonds is 5. The minimum Gasteiger partial charge on any atom is -0.319 e. The fourth-order valence-corrected chi connectivity index (χ4v) is 4.25. The van der Waals surface area contributed by atoms with E-state index < -0.39 is 17.8 Å². The van der Waals surface area contributed by atoms with Gasteiger partial charge >= 0.3 is 6.18 Å². The smallest absolute Gasteiger partial charge is 0.319 e. The number of hydrogen-bond donors (Lipinski definition) is 1. The SMILES string of the molecule is O=C(Nc1cnn(Cc2cccc3ccccc23)c1)c1cnn2c(C(F)(F)F)cc(C3CC3)nc12. The highest BCUT2D eigenvalue weighted by atomic mass is 19.4. The summed E-state index contributed by atoms with van der Waals surface area (Å²) in [5.74, 6) is -0.613. The van der Waals surface area contributed by atoms with Gasteiger partial charge in [0.1, 0.15) is 11.3 Å². The molecule has 6 rings (SSSR count). The Morgan fingerprint density at radius 1 is 1.06 bits per heavy atom. The highest BCUT2D eigenvalue weighted by molar-refractivity contribution is 6.08. The Bertz CT molecular complexity index is 1580. The van der Waals surface area contributed by atoms with Gasteiger partial charge in [0.05, 0.1) is 24.6 Å². The van der Waals surface area contributed by atoms with Crippen LogP contribution in [0.25, 0.3) is 16.4 Å². The van der Waals surface area contributed by atoms with E-state index in [1.807, 2.05) is 42.5 Å². The molecule has 0 aliphatic heterocycles. The van der Waals surface area contributed by atoms with E-state index in [-0.39, 0.29) is 17.1 Å². The Hall–Kier alpha value is -4.21. The summed E-state index contributed by atoms with van der Waals surface area (Å²) in [6, 6.07) is 15.1. The standard InChI is InChI=1S/C25H19F3N6O/c26-25(27,28)22-10-21(16-8-9-16)32-23-20(12-30-34(22)23)24(35)31-18-11-29-33(14-18)13-17-6-3-5-15-4-1-2-7-19(15)17/h1-7,10-12,14,16H,8-9,13H2,(H,31,35). The third-order valence-corrected chi connectivity index (χ3v) is 6.13. The van der Waals surface area contributed by atoms with E-state index in [0.717, 1.165) is 41.4 Å². The summed E-state index contributed by atoms with van der Waals surface area (Å²) in [5, 5.41) is 13.1. The lowest BCUT2D eigenvalue weighted by Gasteiger charge is -2.11. The zero-order valence-corrected chi connectivity index (χ0v) is 18.3. The van der Waals surface area contributed by atoms with Crippen LogP contribution in [-0.2, 0) is 12.7 Å². The molecule has 10 heteroatoms. The number of hydrogen-bond acceptors (Lipinski definition) is 4. The van der Waals surface area contributed by atoms with E-state index in [1.165, 1.54) is 6.20 Å². The fraction of sp³-hybridized carbons (Fsp3) is 0.200. The topological polar surface area (TPSA) is 77.1 Å². The summed E-state index contributed by atoms with van der Waals surface area (Å²) >= 11 is 0. The van der Waals surface area contributed by atoms with Gasteiger partial charge in [-0.05, 0) is 35.2 Å². The zero-order valence-electron chi connectivity index (χ0n) is 18.3. The Kier molecular flexibility index (Phi) is 4.84. The van der Waals surface area contributed by atoms with Gasteiger partial charge in [-0.1, -0.05) is 42.5 Å². The molecule has 3 aromatic heterocycles. The lowest BCUT2D eigenvalue weighted by Crippen LogP contribution is -2.16. The van der Waals surface area contributed by atoms with Crippen molar-refractivity contribution in [3.8, 4) is 0 Å². The molecule has 1 N–H and O–H groups in total. The highest BCUT2D eigenvalue weighted by Crippen LogP contribution is 2.41. The Labute approximate surface area is 197 Å². The predicted molar refractivity (Wildman–Crippen MR) is 123 cm³/mol. The Morgan fingerprint density at radius 2 is 1.86 bits per heavy atom. The first kappa shape index (κ1) is 21.3. The van der Waals surface area contributed by atoms with Crippen LogP contribution in [0.5, 0.6) is 0 Å². The molecule has 2 aromatic carbocycles. The number of anilines is 1. The number of amides is 1. The second-order valence-electron chi connectivity index (χ2n) is 8.65. The summed E-state index contributed by atoms with van der Waals surface area (Å²) in [6.07, 6.45) is 1.24. The molecule has 0 bridgehead atoms. The van der Waals surface area contributed by atoms with Crippen molar-refractivity contribution in [1.82, 2.24) is 24.4 Å². The number of alkyl halides is 3. The van der Waals surface area contributed by atoms with Crippen molar-refractivity contribution in [2.75, 3.05) is 5.32 Å². The summed E-state index contributed by atoms with van der Waals surface area (Å²) in [7, 11) is 0. The maximum absolute atomic E-state index is 13.6. The number of nitrogens with one attached hydrogen (secondary N) is 1. The van der Waals surface area contributed by atoms with Crippen molar-refractivity contribution in [2.24, 2.45) is 0 Å². The third kappa shape index (κ3) is 4.01. The molecule has 0 saturated heterocycles. The number of nitrogens with zero attached hydrogens (tertiary/aromatic N) is 5. The van der Waals surface area contributed by atoms with Gasteiger partial charge < -0.3 is 5.32 Å². The van der Waals surface area contributed by atoms with Gasteiger partial charge in [-0.3, -0.25) is 9.48 Å². The molecular weight excluding hydrogens is 457 g/mol. The van der Waals surface area contributed by atoms with Gasteiger partial charge in [0.2, 0.25) is 0 Å². The van der Waals surface area contributed by atoms with Crippen molar-refractivity contribution in [1.29, 1.82) is 0 Å². The number of halogens is 3. The van der Waals surface area contributed by atoms with Gasteiger partial charge in [-0.25, -0.2) is 9.50 Å². The third-order valence-electron chi connectivity index (χ3n) is 6.13. The summed E-state index contributed by atoms with van der Waals surface area (Å²) in [4.78, 5) is 17.3. The number of fused-ring (bicyclic) bond motifs is 2. The molecular formula is C25H19F3N6O. The first-order chi connectivity index (χ1) is 16.9. The van der Waals surface area contributed by atoms with Crippen LogP contribution in [0, 0.1) is 0 Å². The van der Waals surface area contributed by atoms with E-state index >= 15 is 0 Å². The van der Waals surface area contributed by atoms with E-state index in [0.29, 0.717) is 22.4 Å². The van der Waals surface area contributed by atoms with Crippen LogP contribution < -0.4 is 5.32 Å². The lowest BCUT2D eigenvalue weighted by molar-refractivity contribution is -0.142. The van der Waals surface area contributed by atoms with Crippen molar-refractivity contribution < 1.29 is 18.0 Å². The molecule has 3 heterocycles. The van der Waals surface area contributed by atoms with E-state index in [2.05, 4.69) is 20.5 Å². The van der Waals surface area contributed by atoms with Gasteiger partial charge in [-0.15, -0.1) is 0 Å². The molecule has 1 saturated carbocycles. The van der Waals surface area contributed by atoms with Crippen LogP contribution in [0.1, 0.15) is 46.1 Å². The maximum atomic E-state index is 13.6. The van der Waals surface area contributed by atoms with E-state index in [1.54, 1.807) is 10.9 Å². The molecule has 5 aromatic rings. The number of carbonyl (C=O) groups excluding carboxylic acids is 1. The van der Waals surface area contributed by atoms with Crippen molar-refractivity contribution >= 4 is 28.0 Å². The van der Waals surface area contributed by atoms with Crippen molar-refractivity contribution in [3.05, 3.63) is 89.6 Å². The molecule has 1 aliphatic carbocycles. The van der Waals surface area contributed by atoms with Crippen molar-refractivity contribution in [2.45, 2.75) is 31.5 Å². The minimum atomic E-state index is -4.62. The van der Waals surface area contributed by atoms with E-state index in [9.17, 15) is 18.0 Å². The normalized spacial score (nSPS) is 14.0. The number of benzene rings is 2. The largest absolute Gasteiger partial charge is 0.433 e. The van der Waals surface area contributed by atoms with Crippen LogP contribution in [0.2, 0.25) is 0 Å². The highest BCUT2D eigenvalue weighted by Gasteiger charge is 2.38. The van der Waals surface area contributed by atoms with E-state index in [4.69, 9.17) is 0 Å². The molecule has 176 valence electrons. The van der Waals surface area contributed by atoms with Gasteiger partial charge in [0, 0.05) is 17.8 Å². The Balaban J connectivity index is 1.27. The quantitative estimate of drug-likeness (QED) is 0.375. The molecule has 1 aliphatic rings. The average Bonchev–Trinajstić information content (AvgIpc) is 3.46. The van der Waals surface area contributed by atoms with Crippen LogP contribution >= 0.6 is 0 Å². The predicted octanol–water partition coefficient (Wildman–Crippen LogP) is 5.28. The maximum Gasteiger partial charge on any atom is 0.433 e. The zero-order chi connectivity index (χ0) is 24.2. The summed E-state index contributed by atoms with van der Waals surface area (Å²) in [5.41, 5.74) is 0.753. The molecule has 0 atom stereocenters. The van der Waals surface area contributed by atoms with Gasteiger partial charge in [-0.2, -0.15) is 23.4 Å². The van der Waals surface area contributed by atoms with Crippen molar-refractivity contribution in [3.63, 3.8) is 0 Å². The molecule has 1 fully saturated rings. The molecule has 0 spiro atoms. The summed E-state index contributed by atoms with van der Waals surface area (Å²) in [6.45, 7) is 0.495. The van der Waals surface area contributed by atoms with Crippen LogP contribution in [0.4, 0.5) is 18.9 Å². The molecule has 35 heavy (non-hydrogen) atoms. The van der Waals surface area contributed by atoms with Crippen LogP contribution in [-0.4, -0.2) is 30.3 Å². The monoisotopic (exact) mass is 476 g/mol. The number of carbonyl (C=O) groups is 1. The second-order valence-corrected chi connectivity index (χ2v) is 8.65. The van der Waals surface area contributed by atoms with Crippen LogP contribution in [0.15, 0.2) is 67.1 Å². The second kappa shape index (κ2) is 7.93. The molecule has 7 nitrogen and oxygen atoms in total. The summed E-state index contributed by atoms with van der Waals surface area (Å²) < 4.78 is 43.2. The number of aromatic nitrogens is 5. The molecule has 0 radical (unpaired) electrons. The molecule has 1 amide bonds. The minimum absolute atomic E-state index is 0.0146. The average molecular weight is 476 g/mol. The lowest BCUT2D eigenvalue weighted by atomic mass is 10.0. The molecule has 0 unspecified atom stereocenters. The first-order valence-electron chi connectivity index (χ1n) is 11.1. The van der Waals surface area contributed by atoms with Crippen LogP contribution in [0.3, 0.4) is 0 Å². The fourth-order valence-electron chi connectivity index (χ4n) is 4.25. The van der Waals surface area contributed by atoms with Gasteiger partial charge in [0.15, 0.2) is 5.65 Å². The van der Waals surface area contributed by atoms with Gasteiger partial charge in [0.25, 0.3) is 5.91 Å². The Morgan fingerprint density at radius 3 is 2.66 bits per heavy atom. The first-order valence-corrected chi connectivity index (χ1v) is 11.1.